The van der Waals surface area contributed by atoms with Gasteiger partial charge in [-0.05, 0) is 55.8 Å². The number of benzene rings is 1. The van der Waals surface area contributed by atoms with Crippen molar-refractivity contribution in [3.05, 3.63) is 52.4 Å². The third-order valence-corrected chi connectivity index (χ3v) is 6.25. The highest BCUT2D eigenvalue weighted by Crippen LogP contribution is 2.35. The molecule has 3 atom stereocenters. The maximum Gasteiger partial charge on any atom is 0.229 e. The Labute approximate surface area is 176 Å². The molecule has 7 heteroatoms. The van der Waals surface area contributed by atoms with E-state index in [0.717, 1.165) is 49.3 Å². The van der Waals surface area contributed by atoms with Crippen molar-refractivity contribution in [2.24, 2.45) is 0 Å². The lowest BCUT2D eigenvalue weighted by atomic mass is 9.89. The minimum atomic E-state index is -0.210. The summed E-state index contributed by atoms with van der Waals surface area (Å²) in [4.78, 5) is 21.8. The Balaban J connectivity index is 1.36. The van der Waals surface area contributed by atoms with E-state index in [9.17, 15) is 4.79 Å². The summed E-state index contributed by atoms with van der Waals surface area (Å²) in [6.07, 6.45) is 5.86. The van der Waals surface area contributed by atoms with Gasteiger partial charge in [0.2, 0.25) is 5.91 Å². The highest BCUT2D eigenvalue weighted by Gasteiger charge is 2.31. The number of hydrogen-bond donors (Lipinski definition) is 3. The SMILES string of the molecule is C[C@@H]1CCc2ncnc(NCCNC(=O)[C@@H](c3ccc(Cl)cc3)[C@@H]3CCCN3)c21. The van der Waals surface area contributed by atoms with E-state index in [0.29, 0.717) is 24.0 Å². The van der Waals surface area contributed by atoms with Crippen LogP contribution in [0.2, 0.25) is 5.02 Å². The third-order valence-electron chi connectivity index (χ3n) is 6.00. The van der Waals surface area contributed by atoms with Gasteiger partial charge in [0.25, 0.3) is 0 Å². The van der Waals surface area contributed by atoms with Crippen LogP contribution in [0.4, 0.5) is 5.82 Å². The highest BCUT2D eigenvalue weighted by atomic mass is 35.5. The van der Waals surface area contributed by atoms with Gasteiger partial charge in [0.15, 0.2) is 0 Å². The van der Waals surface area contributed by atoms with Crippen LogP contribution < -0.4 is 16.0 Å². The minimum Gasteiger partial charge on any atom is -0.368 e. The second-order valence-corrected chi connectivity index (χ2v) is 8.41. The summed E-state index contributed by atoms with van der Waals surface area (Å²) < 4.78 is 0. The standard InChI is InChI=1S/C22H28ClN5O/c1-14-4-9-18-19(14)21(28-13-27-18)25-11-12-26-22(29)20(17-3-2-10-24-17)15-5-7-16(23)8-6-15/h5-8,13-14,17,20,24H,2-4,9-12H2,1H3,(H,26,29)(H,25,27,28)/t14-,17+,20+/m1/s1. The zero-order valence-electron chi connectivity index (χ0n) is 16.7. The Morgan fingerprint density at radius 3 is 2.83 bits per heavy atom. The van der Waals surface area contributed by atoms with E-state index in [4.69, 9.17) is 11.6 Å². The molecule has 2 heterocycles. The van der Waals surface area contributed by atoms with Crippen molar-refractivity contribution in [3.8, 4) is 0 Å². The maximum atomic E-state index is 13.0. The number of halogens is 1. The van der Waals surface area contributed by atoms with Crippen LogP contribution in [-0.2, 0) is 11.2 Å². The van der Waals surface area contributed by atoms with Gasteiger partial charge in [0, 0.05) is 35.4 Å². The summed E-state index contributed by atoms with van der Waals surface area (Å²) in [6.45, 7) is 4.35. The average Bonchev–Trinajstić information content (AvgIpc) is 3.38. The quantitative estimate of drug-likeness (QED) is 0.607. The van der Waals surface area contributed by atoms with E-state index in [1.54, 1.807) is 6.33 Å². The van der Waals surface area contributed by atoms with E-state index < -0.39 is 0 Å². The summed E-state index contributed by atoms with van der Waals surface area (Å²) in [5.41, 5.74) is 3.38. The molecule has 2 aliphatic rings. The monoisotopic (exact) mass is 413 g/mol. The second-order valence-electron chi connectivity index (χ2n) is 7.97. The third kappa shape index (κ3) is 4.54. The van der Waals surface area contributed by atoms with Gasteiger partial charge in [-0.15, -0.1) is 0 Å². The summed E-state index contributed by atoms with van der Waals surface area (Å²) in [5.74, 6) is 1.22. The van der Waals surface area contributed by atoms with Crippen LogP contribution >= 0.6 is 11.6 Å². The van der Waals surface area contributed by atoms with Gasteiger partial charge < -0.3 is 16.0 Å². The number of aryl methyl sites for hydroxylation is 1. The van der Waals surface area contributed by atoms with Crippen molar-refractivity contribution in [2.45, 2.75) is 50.5 Å². The molecule has 0 spiro atoms. The first kappa shape index (κ1) is 20.1. The van der Waals surface area contributed by atoms with E-state index in [-0.39, 0.29) is 17.9 Å². The number of nitrogens with one attached hydrogen (secondary N) is 3. The van der Waals surface area contributed by atoms with Crippen molar-refractivity contribution in [1.82, 2.24) is 20.6 Å². The zero-order valence-corrected chi connectivity index (χ0v) is 17.5. The minimum absolute atomic E-state index is 0.0507. The molecule has 1 amide bonds. The Bertz CT molecular complexity index is 851. The van der Waals surface area contributed by atoms with Gasteiger partial charge in [-0.3, -0.25) is 4.79 Å². The first-order chi connectivity index (χ1) is 14.1. The molecule has 0 bridgehead atoms. The topological polar surface area (TPSA) is 78.9 Å². The van der Waals surface area contributed by atoms with Crippen LogP contribution in [0, 0.1) is 0 Å². The zero-order chi connectivity index (χ0) is 20.2. The fourth-order valence-electron chi connectivity index (χ4n) is 4.50. The molecule has 1 aromatic heterocycles. The number of aromatic nitrogens is 2. The molecule has 1 saturated heterocycles. The fourth-order valence-corrected chi connectivity index (χ4v) is 4.62. The lowest BCUT2D eigenvalue weighted by molar-refractivity contribution is -0.123. The highest BCUT2D eigenvalue weighted by molar-refractivity contribution is 6.30. The summed E-state index contributed by atoms with van der Waals surface area (Å²) in [5, 5.41) is 10.6. The molecule has 154 valence electrons. The molecule has 4 rings (SSSR count). The smallest absolute Gasteiger partial charge is 0.229 e. The first-order valence-electron chi connectivity index (χ1n) is 10.5. The molecule has 1 aliphatic heterocycles. The molecule has 1 aliphatic carbocycles. The Morgan fingerprint density at radius 2 is 2.07 bits per heavy atom. The van der Waals surface area contributed by atoms with Gasteiger partial charge in [-0.25, -0.2) is 9.97 Å². The predicted molar refractivity (Wildman–Crippen MR) is 115 cm³/mol. The van der Waals surface area contributed by atoms with Gasteiger partial charge in [-0.1, -0.05) is 30.7 Å². The van der Waals surface area contributed by atoms with E-state index >= 15 is 0 Å². The van der Waals surface area contributed by atoms with E-state index in [2.05, 4.69) is 32.8 Å². The number of amides is 1. The lowest BCUT2D eigenvalue weighted by Gasteiger charge is -2.24. The van der Waals surface area contributed by atoms with Crippen LogP contribution in [-0.4, -0.2) is 41.6 Å². The Hall–Kier alpha value is -2.18. The number of rotatable bonds is 7. The summed E-state index contributed by atoms with van der Waals surface area (Å²) in [6, 6.07) is 7.78. The summed E-state index contributed by atoms with van der Waals surface area (Å²) >= 11 is 6.03. The van der Waals surface area contributed by atoms with Crippen molar-refractivity contribution >= 4 is 23.3 Å². The molecular formula is C22H28ClN5O. The van der Waals surface area contributed by atoms with Crippen LogP contribution in [0.3, 0.4) is 0 Å². The van der Waals surface area contributed by atoms with Crippen LogP contribution in [0.5, 0.6) is 0 Å². The van der Waals surface area contributed by atoms with Gasteiger partial charge in [0.05, 0.1) is 5.92 Å². The van der Waals surface area contributed by atoms with Crippen molar-refractivity contribution in [3.63, 3.8) is 0 Å². The molecule has 1 fully saturated rings. The van der Waals surface area contributed by atoms with Crippen LogP contribution in [0.1, 0.15) is 54.8 Å². The van der Waals surface area contributed by atoms with Gasteiger partial charge in [0.1, 0.15) is 12.1 Å². The van der Waals surface area contributed by atoms with Gasteiger partial charge >= 0.3 is 0 Å². The molecule has 0 saturated carbocycles. The van der Waals surface area contributed by atoms with E-state index in [1.165, 1.54) is 5.56 Å². The number of nitrogens with zero attached hydrogens (tertiary/aromatic N) is 2. The van der Waals surface area contributed by atoms with Crippen molar-refractivity contribution < 1.29 is 4.79 Å². The van der Waals surface area contributed by atoms with E-state index in [1.807, 2.05) is 24.3 Å². The fraction of sp³-hybridized carbons (Fsp3) is 0.500. The van der Waals surface area contributed by atoms with Crippen molar-refractivity contribution in [1.29, 1.82) is 0 Å². The molecule has 0 radical (unpaired) electrons. The van der Waals surface area contributed by atoms with Crippen LogP contribution in [0.25, 0.3) is 0 Å². The Kier molecular flexibility index (Phi) is 6.31. The number of fused-ring (bicyclic) bond motifs is 1. The predicted octanol–water partition coefficient (Wildman–Crippen LogP) is 3.24. The second kappa shape index (κ2) is 9.09. The molecule has 6 nitrogen and oxygen atoms in total. The molecule has 29 heavy (non-hydrogen) atoms. The summed E-state index contributed by atoms with van der Waals surface area (Å²) in [7, 11) is 0. The number of hydrogen-bond acceptors (Lipinski definition) is 5. The lowest BCUT2D eigenvalue weighted by Crippen LogP contribution is -2.41. The van der Waals surface area contributed by atoms with Crippen molar-refractivity contribution in [2.75, 3.05) is 25.0 Å². The number of carbonyl (C=O) groups excluding carboxylic acids is 1. The molecule has 2 aromatic rings. The first-order valence-corrected chi connectivity index (χ1v) is 10.9. The average molecular weight is 414 g/mol. The molecule has 1 aromatic carbocycles. The Morgan fingerprint density at radius 1 is 1.24 bits per heavy atom. The largest absolute Gasteiger partial charge is 0.368 e. The normalized spacial score (nSPS) is 21.6. The number of carbonyl (C=O) groups is 1. The van der Waals surface area contributed by atoms with Gasteiger partial charge in [-0.2, -0.15) is 0 Å². The van der Waals surface area contributed by atoms with Crippen LogP contribution in [0.15, 0.2) is 30.6 Å². The maximum absolute atomic E-state index is 13.0. The number of anilines is 1. The molecular weight excluding hydrogens is 386 g/mol. The molecule has 3 N–H and O–H groups in total. The molecule has 0 unspecified atom stereocenters.